The van der Waals surface area contributed by atoms with Gasteiger partial charge in [-0.15, -0.1) is 0 Å². The minimum absolute atomic E-state index is 0.162. The first-order valence-corrected chi connectivity index (χ1v) is 10.5. The number of sulfonamides is 1. The molecular formula is C21H21N3O3S. The number of rotatable bonds is 3. The summed E-state index contributed by atoms with van der Waals surface area (Å²) in [6.07, 6.45) is 0.755. The van der Waals surface area contributed by atoms with Gasteiger partial charge in [0.15, 0.2) is 0 Å². The van der Waals surface area contributed by atoms with Crippen LogP contribution in [0.15, 0.2) is 53.4 Å². The van der Waals surface area contributed by atoms with Crippen LogP contribution in [0.3, 0.4) is 0 Å². The lowest BCUT2D eigenvalue weighted by Gasteiger charge is -2.17. The third-order valence-corrected chi connectivity index (χ3v) is 6.84. The van der Waals surface area contributed by atoms with Crippen molar-refractivity contribution in [2.75, 3.05) is 25.5 Å². The highest BCUT2D eigenvalue weighted by molar-refractivity contribution is 7.89. The van der Waals surface area contributed by atoms with Gasteiger partial charge in [0.25, 0.3) is 5.91 Å². The summed E-state index contributed by atoms with van der Waals surface area (Å²) >= 11 is 0. The summed E-state index contributed by atoms with van der Waals surface area (Å²) in [5, 5.41) is 1.07. The Morgan fingerprint density at radius 2 is 1.79 bits per heavy atom. The summed E-state index contributed by atoms with van der Waals surface area (Å²) in [7, 11) is -0.561. The lowest BCUT2D eigenvalue weighted by molar-refractivity contribution is 0.0988. The van der Waals surface area contributed by atoms with Gasteiger partial charge in [-0.05, 0) is 60.9 Å². The van der Waals surface area contributed by atoms with Gasteiger partial charge in [0.05, 0.1) is 10.4 Å². The van der Waals surface area contributed by atoms with E-state index in [-0.39, 0.29) is 10.8 Å². The van der Waals surface area contributed by atoms with Crippen molar-refractivity contribution < 1.29 is 13.2 Å². The van der Waals surface area contributed by atoms with E-state index < -0.39 is 10.0 Å². The van der Waals surface area contributed by atoms with Crippen LogP contribution >= 0.6 is 0 Å². The van der Waals surface area contributed by atoms with Gasteiger partial charge in [-0.1, -0.05) is 12.1 Å². The number of amides is 1. The first kappa shape index (κ1) is 18.6. The minimum atomic E-state index is -3.52. The zero-order chi connectivity index (χ0) is 20.1. The fraction of sp³-hybridized carbons (Fsp3) is 0.238. The molecule has 7 heteroatoms. The van der Waals surface area contributed by atoms with Crippen LogP contribution in [-0.4, -0.2) is 44.3 Å². The molecule has 0 radical (unpaired) electrons. The van der Waals surface area contributed by atoms with Crippen molar-refractivity contribution in [3.05, 3.63) is 65.2 Å². The number of anilines is 1. The van der Waals surface area contributed by atoms with E-state index in [1.807, 2.05) is 19.1 Å². The van der Waals surface area contributed by atoms with E-state index in [1.165, 1.54) is 26.2 Å². The Labute approximate surface area is 164 Å². The molecule has 2 aromatic carbocycles. The van der Waals surface area contributed by atoms with Crippen molar-refractivity contribution in [2.24, 2.45) is 0 Å². The molecule has 4 rings (SSSR count). The zero-order valence-corrected chi connectivity index (χ0v) is 16.8. The molecule has 6 nitrogen and oxygen atoms in total. The Bertz CT molecular complexity index is 1190. The van der Waals surface area contributed by atoms with Gasteiger partial charge >= 0.3 is 0 Å². The highest BCUT2D eigenvalue weighted by Crippen LogP contribution is 2.31. The third-order valence-electron chi connectivity index (χ3n) is 5.01. The van der Waals surface area contributed by atoms with Gasteiger partial charge in [0.2, 0.25) is 10.0 Å². The maximum atomic E-state index is 13.0. The highest BCUT2D eigenvalue weighted by atomic mass is 32.2. The quantitative estimate of drug-likeness (QED) is 0.684. The molecule has 0 spiro atoms. The van der Waals surface area contributed by atoms with Crippen molar-refractivity contribution in [3.63, 3.8) is 0 Å². The lowest BCUT2D eigenvalue weighted by Crippen LogP contribution is -2.29. The fourth-order valence-corrected chi connectivity index (χ4v) is 4.30. The molecule has 0 saturated heterocycles. The second kappa shape index (κ2) is 6.68. The number of hydrogen-bond donors (Lipinski definition) is 0. The number of aromatic nitrogens is 1. The predicted octanol–water partition coefficient (Wildman–Crippen LogP) is 3.00. The molecule has 1 aliphatic heterocycles. The molecule has 3 aromatic rings. The van der Waals surface area contributed by atoms with Crippen LogP contribution in [0, 0.1) is 6.92 Å². The van der Waals surface area contributed by atoms with Crippen LogP contribution in [0.4, 0.5) is 5.82 Å². The van der Waals surface area contributed by atoms with Crippen molar-refractivity contribution in [1.82, 2.24) is 9.29 Å². The summed E-state index contributed by atoms with van der Waals surface area (Å²) in [5.74, 6) is 0.514. The van der Waals surface area contributed by atoms with Crippen LogP contribution in [0.5, 0.6) is 0 Å². The van der Waals surface area contributed by atoms with Crippen LogP contribution in [0.2, 0.25) is 0 Å². The normalized spacial score (nSPS) is 13.9. The molecule has 144 valence electrons. The number of benzene rings is 2. The number of carbonyl (C=O) groups is 1. The average Bonchev–Trinajstić information content (AvgIpc) is 3.08. The molecule has 0 aliphatic carbocycles. The van der Waals surface area contributed by atoms with Crippen molar-refractivity contribution in [2.45, 2.75) is 18.2 Å². The van der Waals surface area contributed by atoms with Gasteiger partial charge in [0.1, 0.15) is 5.82 Å². The van der Waals surface area contributed by atoms with Gasteiger partial charge in [-0.25, -0.2) is 17.7 Å². The summed E-state index contributed by atoms with van der Waals surface area (Å²) in [6, 6.07) is 14.3. The van der Waals surface area contributed by atoms with E-state index >= 15 is 0 Å². The van der Waals surface area contributed by atoms with E-state index in [0.29, 0.717) is 17.9 Å². The number of nitrogens with zero attached hydrogens (tertiary/aromatic N) is 3. The average molecular weight is 395 g/mol. The molecule has 0 saturated carbocycles. The van der Waals surface area contributed by atoms with E-state index in [4.69, 9.17) is 4.98 Å². The van der Waals surface area contributed by atoms with Gasteiger partial charge in [0, 0.05) is 31.6 Å². The van der Waals surface area contributed by atoms with E-state index in [1.54, 1.807) is 17.0 Å². The first-order chi connectivity index (χ1) is 13.3. The number of hydrogen-bond acceptors (Lipinski definition) is 4. The highest BCUT2D eigenvalue weighted by Gasteiger charge is 2.28. The molecule has 1 aliphatic rings. The summed E-state index contributed by atoms with van der Waals surface area (Å²) in [4.78, 5) is 19.6. The maximum Gasteiger partial charge on any atom is 0.259 e. The van der Waals surface area contributed by atoms with Gasteiger partial charge < -0.3 is 0 Å². The summed E-state index contributed by atoms with van der Waals surface area (Å²) in [6.45, 7) is 2.58. The first-order valence-electron chi connectivity index (χ1n) is 9.02. The molecule has 0 N–H and O–H groups in total. The van der Waals surface area contributed by atoms with E-state index in [9.17, 15) is 13.2 Å². The Morgan fingerprint density at radius 3 is 2.46 bits per heavy atom. The van der Waals surface area contributed by atoms with Crippen molar-refractivity contribution in [1.29, 1.82) is 0 Å². The standard InChI is InChI=1S/C21H21N3O3S/c1-14-4-5-16-13-17-10-11-24(20(17)22-19(16)12-14)21(25)15-6-8-18(9-7-15)28(26,27)23(2)3/h4-9,12-13H,10-11H2,1-3H3. The Morgan fingerprint density at radius 1 is 1.07 bits per heavy atom. The second-order valence-corrected chi connectivity index (χ2v) is 9.34. The van der Waals surface area contributed by atoms with Crippen LogP contribution < -0.4 is 4.90 Å². The smallest absolute Gasteiger partial charge is 0.259 e. The van der Waals surface area contributed by atoms with Crippen LogP contribution in [0.1, 0.15) is 21.5 Å². The molecule has 28 heavy (non-hydrogen) atoms. The molecular weight excluding hydrogens is 374 g/mol. The van der Waals surface area contributed by atoms with E-state index in [0.717, 1.165) is 32.8 Å². The molecule has 0 bridgehead atoms. The second-order valence-electron chi connectivity index (χ2n) is 7.19. The summed E-state index contributed by atoms with van der Waals surface area (Å²) in [5.41, 5.74) is 3.48. The van der Waals surface area contributed by atoms with Crippen LogP contribution in [-0.2, 0) is 16.4 Å². The Balaban J connectivity index is 1.67. The maximum absolute atomic E-state index is 13.0. The van der Waals surface area contributed by atoms with Gasteiger partial charge in [-0.3, -0.25) is 9.69 Å². The number of aryl methyl sites for hydroxylation is 1. The van der Waals surface area contributed by atoms with Crippen LogP contribution in [0.25, 0.3) is 10.9 Å². The molecule has 1 amide bonds. The number of fused-ring (bicyclic) bond motifs is 2. The van der Waals surface area contributed by atoms with Gasteiger partial charge in [-0.2, -0.15) is 0 Å². The SMILES string of the molecule is Cc1ccc2cc3c(nc2c1)N(C(=O)c1ccc(S(=O)(=O)N(C)C)cc1)CC3. The lowest BCUT2D eigenvalue weighted by atomic mass is 10.1. The third kappa shape index (κ3) is 3.06. The number of pyridine rings is 1. The fourth-order valence-electron chi connectivity index (χ4n) is 3.40. The summed E-state index contributed by atoms with van der Waals surface area (Å²) < 4.78 is 25.6. The monoisotopic (exact) mass is 395 g/mol. The Kier molecular flexibility index (Phi) is 4.44. The van der Waals surface area contributed by atoms with E-state index in [2.05, 4.69) is 12.1 Å². The molecule has 0 fully saturated rings. The largest absolute Gasteiger partial charge is 0.292 e. The predicted molar refractivity (Wildman–Crippen MR) is 109 cm³/mol. The molecule has 2 heterocycles. The Hall–Kier alpha value is -2.77. The number of carbonyl (C=O) groups excluding carboxylic acids is 1. The molecule has 0 unspecified atom stereocenters. The van der Waals surface area contributed by atoms with Crippen molar-refractivity contribution >= 4 is 32.7 Å². The minimum Gasteiger partial charge on any atom is -0.292 e. The zero-order valence-electron chi connectivity index (χ0n) is 16.0. The topological polar surface area (TPSA) is 70.6 Å². The molecule has 0 atom stereocenters. The molecule has 1 aromatic heterocycles. The van der Waals surface area contributed by atoms with Crippen molar-refractivity contribution in [3.8, 4) is 0 Å².